The third-order valence-electron chi connectivity index (χ3n) is 4.26. The van der Waals surface area contributed by atoms with Gasteiger partial charge in [0, 0.05) is 12.5 Å². The van der Waals surface area contributed by atoms with E-state index in [1.807, 2.05) is 13.8 Å². The molecule has 0 fully saturated rings. The van der Waals surface area contributed by atoms with Crippen molar-refractivity contribution in [3.63, 3.8) is 0 Å². The van der Waals surface area contributed by atoms with Gasteiger partial charge in [-0.1, -0.05) is 38.1 Å². The molecule has 1 unspecified atom stereocenters. The predicted molar refractivity (Wildman–Crippen MR) is 71.8 cm³/mol. The van der Waals surface area contributed by atoms with Crippen molar-refractivity contribution in [2.24, 2.45) is 0 Å². The summed E-state index contributed by atoms with van der Waals surface area (Å²) in [5.41, 5.74) is 2.01. The SMILES string of the molecule is CCC(CC)(NCC1Cc2ccccc21)C(=O)O. The second kappa shape index (κ2) is 5.11. The van der Waals surface area contributed by atoms with Crippen LogP contribution in [0.1, 0.15) is 43.7 Å². The maximum Gasteiger partial charge on any atom is 0.323 e. The Hall–Kier alpha value is -1.35. The standard InChI is InChI=1S/C15H21NO2/c1-3-15(4-2,14(17)18)16-10-12-9-11-7-5-6-8-13(11)12/h5-8,12,16H,3-4,9-10H2,1-2H3,(H,17,18). The van der Waals surface area contributed by atoms with Crippen LogP contribution in [0.4, 0.5) is 0 Å². The summed E-state index contributed by atoms with van der Waals surface area (Å²) in [6.07, 6.45) is 2.30. The first-order chi connectivity index (χ1) is 8.63. The zero-order valence-electron chi connectivity index (χ0n) is 11.1. The van der Waals surface area contributed by atoms with Gasteiger partial charge in [0.05, 0.1) is 0 Å². The highest BCUT2D eigenvalue weighted by Gasteiger charge is 2.36. The monoisotopic (exact) mass is 247 g/mol. The number of carboxylic acid groups (broad SMARTS) is 1. The largest absolute Gasteiger partial charge is 0.480 e. The van der Waals surface area contributed by atoms with Crippen LogP contribution >= 0.6 is 0 Å². The second-order valence-corrected chi connectivity index (χ2v) is 5.08. The molecule has 2 rings (SSSR count). The van der Waals surface area contributed by atoms with Gasteiger partial charge in [0.1, 0.15) is 5.54 Å². The van der Waals surface area contributed by atoms with E-state index in [0.29, 0.717) is 18.8 Å². The van der Waals surface area contributed by atoms with E-state index in [-0.39, 0.29) is 0 Å². The van der Waals surface area contributed by atoms with Crippen LogP contribution in [0.2, 0.25) is 0 Å². The minimum Gasteiger partial charge on any atom is -0.480 e. The molecule has 0 amide bonds. The fraction of sp³-hybridized carbons (Fsp3) is 0.533. The van der Waals surface area contributed by atoms with Gasteiger partial charge < -0.3 is 10.4 Å². The summed E-state index contributed by atoms with van der Waals surface area (Å²) in [5, 5.41) is 12.6. The molecule has 1 atom stereocenters. The lowest BCUT2D eigenvalue weighted by molar-refractivity contribution is -0.145. The lowest BCUT2D eigenvalue weighted by Crippen LogP contribution is -2.53. The van der Waals surface area contributed by atoms with Crippen molar-refractivity contribution < 1.29 is 9.90 Å². The van der Waals surface area contributed by atoms with Crippen molar-refractivity contribution in [3.8, 4) is 0 Å². The van der Waals surface area contributed by atoms with E-state index < -0.39 is 11.5 Å². The zero-order chi connectivity index (χ0) is 13.2. The molecule has 0 saturated carbocycles. The molecule has 0 radical (unpaired) electrons. The summed E-state index contributed by atoms with van der Waals surface area (Å²) < 4.78 is 0. The number of carbonyl (C=O) groups is 1. The first-order valence-electron chi connectivity index (χ1n) is 6.69. The highest BCUT2D eigenvalue weighted by Crippen LogP contribution is 2.34. The van der Waals surface area contributed by atoms with Crippen molar-refractivity contribution in [2.75, 3.05) is 6.54 Å². The van der Waals surface area contributed by atoms with Crippen LogP contribution in [0.5, 0.6) is 0 Å². The van der Waals surface area contributed by atoms with Crippen molar-refractivity contribution >= 4 is 5.97 Å². The highest BCUT2D eigenvalue weighted by atomic mass is 16.4. The molecule has 1 aromatic rings. The van der Waals surface area contributed by atoms with Crippen LogP contribution in [0.3, 0.4) is 0 Å². The van der Waals surface area contributed by atoms with E-state index in [2.05, 4.69) is 29.6 Å². The van der Waals surface area contributed by atoms with Crippen molar-refractivity contribution in [3.05, 3.63) is 35.4 Å². The number of hydrogen-bond acceptors (Lipinski definition) is 2. The normalized spacial score (nSPS) is 18.0. The van der Waals surface area contributed by atoms with Gasteiger partial charge in [-0.15, -0.1) is 0 Å². The van der Waals surface area contributed by atoms with Crippen LogP contribution in [-0.2, 0) is 11.2 Å². The number of carboxylic acids is 1. The van der Waals surface area contributed by atoms with Gasteiger partial charge in [-0.3, -0.25) is 4.79 Å². The molecular weight excluding hydrogens is 226 g/mol. The summed E-state index contributed by atoms with van der Waals surface area (Å²) in [6.45, 7) is 4.61. The van der Waals surface area contributed by atoms with Crippen molar-refractivity contribution in [1.82, 2.24) is 5.32 Å². The first kappa shape index (κ1) is 13.1. The molecule has 2 N–H and O–H groups in total. The van der Waals surface area contributed by atoms with E-state index in [1.54, 1.807) is 0 Å². The van der Waals surface area contributed by atoms with Gasteiger partial charge in [0.2, 0.25) is 0 Å². The second-order valence-electron chi connectivity index (χ2n) is 5.08. The summed E-state index contributed by atoms with van der Waals surface area (Å²) in [7, 11) is 0. The number of benzene rings is 1. The summed E-state index contributed by atoms with van der Waals surface area (Å²) in [6, 6.07) is 8.40. The molecular formula is C15H21NO2. The van der Waals surface area contributed by atoms with E-state index in [0.717, 1.165) is 13.0 Å². The minimum atomic E-state index is -0.759. The van der Waals surface area contributed by atoms with Crippen LogP contribution in [-0.4, -0.2) is 23.2 Å². The molecule has 0 saturated heterocycles. The van der Waals surface area contributed by atoms with Crippen molar-refractivity contribution in [1.29, 1.82) is 0 Å². The molecule has 0 bridgehead atoms. The van der Waals surface area contributed by atoms with Gasteiger partial charge >= 0.3 is 5.97 Å². The van der Waals surface area contributed by atoms with Gasteiger partial charge in [0.25, 0.3) is 0 Å². The molecule has 3 nitrogen and oxygen atoms in total. The van der Waals surface area contributed by atoms with Crippen LogP contribution in [0, 0.1) is 0 Å². The maximum absolute atomic E-state index is 11.4. The smallest absolute Gasteiger partial charge is 0.323 e. The van der Waals surface area contributed by atoms with E-state index in [4.69, 9.17) is 0 Å². The quantitative estimate of drug-likeness (QED) is 0.812. The van der Waals surface area contributed by atoms with Crippen LogP contribution in [0.25, 0.3) is 0 Å². The summed E-state index contributed by atoms with van der Waals surface area (Å²) in [5.74, 6) is -0.266. The Morgan fingerprint density at radius 2 is 2.06 bits per heavy atom. The topological polar surface area (TPSA) is 49.3 Å². The van der Waals surface area contributed by atoms with Crippen LogP contribution < -0.4 is 5.32 Å². The summed E-state index contributed by atoms with van der Waals surface area (Å²) >= 11 is 0. The first-order valence-corrected chi connectivity index (χ1v) is 6.69. The molecule has 0 aliphatic heterocycles. The molecule has 1 aliphatic rings. The Balaban J connectivity index is 1.99. The lowest BCUT2D eigenvalue weighted by Gasteiger charge is -2.35. The number of hydrogen-bond donors (Lipinski definition) is 2. The Labute approximate surface area is 108 Å². The zero-order valence-corrected chi connectivity index (χ0v) is 11.1. The molecule has 0 heterocycles. The van der Waals surface area contributed by atoms with E-state index in [1.165, 1.54) is 11.1 Å². The Morgan fingerprint density at radius 3 is 2.61 bits per heavy atom. The number of rotatable bonds is 6. The van der Waals surface area contributed by atoms with E-state index >= 15 is 0 Å². The van der Waals surface area contributed by atoms with Crippen LogP contribution in [0.15, 0.2) is 24.3 Å². The third kappa shape index (κ3) is 2.15. The number of nitrogens with one attached hydrogen (secondary N) is 1. The third-order valence-corrected chi connectivity index (χ3v) is 4.26. The highest BCUT2D eigenvalue weighted by molar-refractivity contribution is 5.78. The number of aliphatic carboxylic acids is 1. The predicted octanol–water partition coefficient (Wildman–Crippen LogP) is 2.56. The summed E-state index contributed by atoms with van der Waals surface area (Å²) in [4.78, 5) is 11.4. The Bertz CT molecular complexity index is 438. The average molecular weight is 247 g/mol. The molecule has 1 aliphatic carbocycles. The fourth-order valence-corrected chi connectivity index (χ4v) is 2.74. The maximum atomic E-state index is 11.4. The average Bonchev–Trinajstić information content (AvgIpc) is 2.35. The molecule has 3 heteroatoms. The van der Waals surface area contributed by atoms with Gasteiger partial charge in [-0.25, -0.2) is 0 Å². The molecule has 1 aromatic carbocycles. The number of fused-ring (bicyclic) bond motifs is 1. The van der Waals surface area contributed by atoms with Gasteiger partial charge in [-0.05, 0) is 30.4 Å². The Morgan fingerprint density at radius 1 is 1.39 bits per heavy atom. The molecule has 98 valence electrons. The fourth-order valence-electron chi connectivity index (χ4n) is 2.74. The van der Waals surface area contributed by atoms with E-state index in [9.17, 15) is 9.90 Å². The molecule has 0 aromatic heterocycles. The molecule has 18 heavy (non-hydrogen) atoms. The van der Waals surface area contributed by atoms with Crippen molar-refractivity contribution in [2.45, 2.75) is 44.6 Å². The molecule has 0 spiro atoms. The minimum absolute atomic E-state index is 0.470. The van der Waals surface area contributed by atoms with Gasteiger partial charge in [-0.2, -0.15) is 0 Å². The Kier molecular flexibility index (Phi) is 3.71. The lowest BCUT2D eigenvalue weighted by atomic mass is 9.77. The van der Waals surface area contributed by atoms with Gasteiger partial charge in [0.15, 0.2) is 0 Å².